The Morgan fingerprint density at radius 2 is 0.438 bits per heavy atom. The zero-order valence-electron chi connectivity index (χ0n) is 27.6. The Morgan fingerprint density at radius 1 is 0.271 bits per heavy atom. The molecule has 0 saturated heterocycles. The second-order valence-corrected chi connectivity index (χ2v) is 16.2. The molecule has 6 atom stereocenters. The summed E-state index contributed by atoms with van der Waals surface area (Å²) in [5.74, 6) is 1.46. The van der Waals surface area contributed by atoms with Crippen LogP contribution >= 0.6 is 0 Å². The average Bonchev–Trinajstić information content (AvgIpc) is 3.51. The molecule has 0 fully saturated rings. The van der Waals surface area contributed by atoms with Crippen molar-refractivity contribution in [2.75, 3.05) is 0 Å². The molecule has 48 heavy (non-hydrogen) atoms. The van der Waals surface area contributed by atoms with Gasteiger partial charge >= 0.3 is 0 Å². The molecule has 0 amide bonds. The third-order valence-corrected chi connectivity index (χ3v) is 13.3. The monoisotopic (exact) mass is 630 g/mol. The van der Waals surface area contributed by atoms with Gasteiger partial charge in [-0.15, -0.1) is 0 Å². The van der Waals surface area contributed by atoms with Gasteiger partial charge in [0.05, 0.1) is 0 Å². The van der Waals surface area contributed by atoms with Gasteiger partial charge in [0.2, 0.25) is 0 Å². The van der Waals surface area contributed by atoms with E-state index in [9.17, 15) is 14.4 Å². The van der Waals surface area contributed by atoms with Crippen LogP contribution < -0.4 is 0 Å². The van der Waals surface area contributed by atoms with Crippen molar-refractivity contribution in [2.24, 2.45) is 35.5 Å². The van der Waals surface area contributed by atoms with Gasteiger partial charge in [-0.3, -0.25) is 14.4 Å². The Labute approximate surface area is 283 Å². The summed E-state index contributed by atoms with van der Waals surface area (Å²) in [6, 6.07) is 27.0. The lowest BCUT2D eigenvalue weighted by molar-refractivity contribution is -0.127. The number of Topliss-reactive ketones (excluding diaryl/α,β-unsaturated/α-hetero) is 3. The maximum atomic E-state index is 14.2. The summed E-state index contributed by atoms with van der Waals surface area (Å²) >= 11 is 0. The summed E-state index contributed by atoms with van der Waals surface area (Å²) < 4.78 is 0. The van der Waals surface area contributed by atoms with Crippen LogP contribution in [0, 0.1) is 35.5 Å². The second kappa shape index (κ2) is 11.0. The SMILES string of the molecule is O=C1C2Cc3cc4c(cc3CC1Cc1cc3c(cc1C2)C[C@@H]1Cc2ccccc2C[C@H](C3)C1=O)C[C@@H]1Cc2ccccc2C[C@H](C4)C1=O. The van der Waals surface area contributed by atoms with Crippen LogP contribution in [0.1, 0.15) is 66.8 Å². The van der Waals surface area contributed by atoms with Crippen molar-refractivity contribution >= 4 is 17.3 Å². The van der Waals surface area contributed by atoms with Crippen LogP contribution in [0.4, 0.5) is 0 Å². The van der Waals surface area contributed by atoms with Crippen molar-refractivity contribution < 1.29 is 14.4 Å². The Hall–Kier alpha value is -4.11. The van der Waals surface area contributed by atoms with Crippen LogP contribution in [0.5, 0.6) is 0 Å². The number of hydrogen-bond acceptors (Lipinski definition) is 3. The third-order valence-electron chi connectivity index (χ3n) is 13.3. The van der Waals surface area contributed by atoms with Crippen molar-refractivity contribution in [1.29, 1.82) is 0 Å². The molecule has 0 spiro atoms. The molecular formula is C45H42O3. The zero-order chi connectivity index (χ0) is 32.1. The van der Waals surface area contributed by atoms with Crippen molar-refractivity contribution in [3.05, 3.63) is 140 Å². The summed E-state index contributed by atoms with van der Waals surface area (Å²) in [5.41, 5.74) is 16.1. The largest absolute Gasteiger partial charge is 0.299 e. The van der Waals surface area contributed by atoms with Gasteiger partial charge in [0, 0.05) is 35.5 Å². The molecule has 4 aromatic carbocycles. The Bertz CT molecular complexity index is 1770. The fourth-order valence-corrected chi connectivity index (χ4v) is 10.8. The first-order valence-corrected chi connectivity index (χ1v) is 18.5. The fraction of sp³-hybridized carbons (Fsp3) is 0.400. The van der Waals surface area contributed by atoms with E-state index in [0.29, 0.717) is 17.3 Å². The Kier molecular flexibility index (Phi) is 6.59. The van der Waals surface area contributed by atoms with E-state index in [1.54, 1.807) is 0 Å². The molecule has 6 bridgehead atoms. The smallest absolute Gasteiger partial charge is 0.140 e. The lowest BCUT2D eigenvalue weighted by atomic mass is 9.83. The highest BCUT2D eigenvalue weighted by Crippen LogP contribution is 2.41. The van der Waals surface area contributed by atoms with Gasteiger partial charge in [-0.1, -0.05) is 72.8 Å². The van der Waals surface area contributed by atoms with Gasteiger partial charge in [0.15, 0.2) is 0 Å². The van der Waals surface area contributed by atoms with Crippen molar-refractivity contribution in [2.45, 2.75) is 77.0 Å². The molecule has 3 nitrogen and oxygen atoms in total. The lowest BCUT2D eigenvalue weighted by Crippen LogP contribution is -2.25. The standard InChI is InChI=1S/C45H42O3/c46-43-37-9-25-5-1-2-6-26(25)10-38(43)18-30-14-34-22-42-24-36-16-32-20-40-12-28-8-4-3-7-27(28)11-39(44(40)47)19-31(32)15-35(36)23-41(45(42)48)21-33(34)13-29(30)17-37/h1-8,13-16,37-42H,9-12,17-24H2/t37-,38+,39+,40-,41?,42?. The fourth-order valence-electron chi connectivity index (χ4n) is 10.8. The minimum Gasteiger partial charge on any atom is -0.299 e. The van der Waals surface area contributed by atoms with E-state index in [-0.39, 0.29) is 35.5 Å². The first-order valence-electron chi connectivity index (χ1n) is 18.5. The number of benzene rings is 4. The number of hydrogen-bond donors (Lipinski definition) is 0. The van der Waals surface area contributed by atoms with E-state index in [1.807, 2.05) is 0 Å². The molecule has 6 aliphatic rings. The quantitative estimate of drug-likeness (QED) is 0.215. The predicted octanol–water partition coefficient (Wildman–Crippen LogP) is 6.78. The second-order valence-electron chi connectivity index (χ2n) is 16.2. The summed E-state index contributed by atoms with van der Waals surface area (Å²) in [5, 5.41) is 0. The molecule has 0 aromatic heterocycles. The normalized spacial score (nSPS) is 28.4. The molecule has 0 saturated carbocycles. The maximum Gasteiger partial charge on any atom is 0.140 e. The molecule has 6 aliphatic carbocycles. The molecular weight excluding hydrogens is 588 g/mol. The minimum absolute atomic E-state index is 0.0166. The number of carbonyl (C=O) groups excluding carboxylic acids is 3. The highest BCUT2D eigenvalue weighted by Gasteiger charge is 2.40. The van der Waals surface area contributed by atoms with E-state index in [0.717, 1.165) is 77.0 Å². The van der Waals surface area contributed by atoms with Gasteiger partial charge < -0.3 is 0 Å². The molecule has 3 heteroatoms. The van der Waals surface area contributed by atoms with Crippen LogP contribution in [-0.2, 0) is 91.4 Å². The number of ketones is 3. The van der Waals surface area contributed by atoms with E-state index in [1.165, 1.54) is 66.8 Å². The van der Waals surface area contributed by atoms with Gasteiger partial charge in [0.25, 0.3) is 0 Å². The summed E-state index contributed by atoms with van der Waals surface area (Å²) in [6.45, 7) is 0. The average molecular weight is 631 g/mol. The number of carbonyl (C=O) groups is 3. The molecule has 10 rings (SSSR count). The topological polar surface area (TPSA) is 51.2 Å². The van der Waals surface area contributed by atoms with E-state index in [2.05, 4.69) is 72.8 Å². The van der Waals surface area contributed by atoms with Crippen molar-refractivity contribution in [3.63, 3.8) is 0 Å². The molecule has 0 aliphatic heterocycles. The van der Waals surface area contributed by atoms with Crippen LogP contribution in [0.15, 0.2) is 72.8 Å². The molecule has 0 heterocycles. The van der Waals surface area contributed by atoms with E-state index in [4.69, 9.17) is 0 Å². The molecule has 0 radical (unpaired) electrons. The predicted molar refractivity (Wildman–Crippen MR) is 186 cm³/mol. The van der Waals surface area contributed by atoms with Crippen LogP contribution in [0.3, 0.4) is 0 Å². The highest BCUT2D eigenvalue weighted by molar-refractivity contribution is 5.88. The van der Waals surface area contributed by atoms with Crippen molar-refractivity contribution in [1.82, 2.24) is 0 Å². The van der Waals surface area contributed by atoms with Crippen LogP contribution in [-0.4, -0.2) is 17.3 Å². The zero-order valence-corrected chi connectivity index (χ0v) is 27.6. The number of rotatable bonds is 0. The van der Waals surface area contributed by atoms with E-state index >= 15 is 0 Å². The van der Waals surface area contributed by atoms with Crippen molar-refractivity contribution in [3.8, 4) is 0 Å². The first-order chi connectivity index (χ1) is 23.4. The third kappa shape index (κ3) is 4.71. The maximum absolute atomic E-state index is 14.2. The molecule has 4 aromatic rings. The molecule has 0 N–H and O–H groups in total. The van der Waals surface area contributed by atoms with Crippen LogP contribution in [0.25, 0.3) is 0 Å². The summed E-state index contributed by atoms with van der Waals surface area (Å²) in [4.78, 5) is 41.7. The van der Waals surface area contributed by atoms with Gasteiger partial charge in [-0.2, -0.15) is 0 Å². The summed E-state index contributed by atoms with van der Waals surface area (Å²) in [6.07, 6.45) is 9.78. The van der Waals surface area contributed by atoms with Gasteiger partial charge in [-0.05, 0) is 144 Å². The van der Waals surface area contributed by atoms with Gasteiger partial charge in [-0.25, -0.2) is 0 Å². The minimum atomic E-state index is -0.0166. The Balaban J connectivity index is 0.971. The van der Waals surface area contributed by atoms with E-state index < -0.39 is 0 Å². The Morgan fingerprint density at radius 3 is 0.625 bits per heavy atom. The first kappa shape index (κ1) is 28.9. The van der Waals surface area contributed by atoms with Crippen LogP contribution in [0.2, 0.25) is 0 Å². The number of fused-ring (bicyclic) bond motifs is 12. The molecule has 240 valence electrons. The summed E-state index contributed by atoms with van der Waals surface area (Å²) in [7, 11) is 0. The molecule has 2 unspecified atom stereocenters. The highest BCUT2D eigenvalue weighted by atomic mass is 16.1. The van der Waals surface area contributed by atoms with Gasteiger partial charge in [0.1, 0.15) is 17.3 Å². The lowest BCUT2D eigenvalue weighted by Gasteiger charge is -2.21.